The minimum absolute atomic E-state index is 0.177. The number of furan rings is 1. The van der Waals surface area contributed by atoms with Crippen LogP contribution in [0.25, 0.3) is 0 Å². The van der Waals surface area contributed by atoms with Crippen molar-refractivity contribution >= 4 is 17.8 Å². The van der Waals surface area contributed by atoms with Crippen molar-refractivity contribution in [1.29, 1.82) is 0 Å². The van der Waals surface area contributed by atoms with Gasteiger partial charge in [0.2, 0.25) is 0 Å². The van der Waals surface area contributed by atoms with Gasteiger partial charge in [0.25, 0.3) is 5.91 Å². The molecule has 0 N–H and O–H groups in total. The molecule has 1 aromatic heterocycles. The Morgan fingerprint density at radius 2 is 2.16 bits per heavy atom. The zero-order chi connectivity index (χ0) is 14.4. The molecule has 0 saturated heterocycles. The van der Waals surface area contributed by atoms with E-state index in [4.69, 9.17) is 4.42 Å². The van der Waals surface area contributed by atoms with E-state index in [1.165, 1.54) is 18.1 Å². The van der Waals surface area contributed by atoms with Gasteiger partial charge in [-0.15, -0.1) is 0 Å². The molecule has 0 aliphatic heterocycles. The fraction of sp³-hybridized carbons (Fsp3) is 0.455. The Morgan fingerprint density at radius 3 is 2.63 bits per heavy atom. The highest BCUT2D eigenvalue weighted by atomic mass is 16.6. The molecule has 0 unspecified atom stereocenters. The van der Waals surface area contributed by atoms with E-state index in [0.717, 1.165) is 6.07 Å². The summed E-state index contributed by atoms with van der Waals surface area (Å²) in [7, 11) is 1.22. The molecule has 1 aromatic rings. The molecule has 0 aromatic carbocycles. The maximum atomic E-state index is 12.0. The van der Waals surface area contributed by atoms with Gasteiger partial charge < -0.3 is 14.1 Å². The lowest BCUT2D eigenvalue weighted by atomic mass is 10.3. The minimum Gasteiger partial charge on any atom is -0.468 e. The van der Waals surface area contributed by atoms with E-state index in [2.05, 4.69) is 4.74 Å². The zero-order valence-electron chi connectivity index (χ0n) is 10.6. The summed E-state index contributed by atoms with van der Waals surface area (Å²) in [4.78, 5) is 34.2. The first-order valence-corrected chi connectivity index (χ1v) is 5.60. The SMILES string of the molecule is CCCN(CC(=O)OC)C(=O)c1ccc([N+](=O)[O-])o1. The topological polar surface area (TPSA) is 103 Å². The monoisotopic (exact) mass is 270 g/mol. The van der Waals surface area contributed by atoms with Crippen LogP contribution in [0.1, 0.15) is 23.9 Å². The van der Waals surface area contributed by atoms with E-state index in [-0.39, 0.29) is 12.3 Å². The van der Waals surface area contributed by atoms with Gasteiger partial charge in [-0.25, -0.2) is 0 Å². The van der Waals surface area contributed by atoms with Gasteiger partial charge in [0.1, 0.15) is 11.5 Å². The number of carbonyl (C=O) groups excluding carboxylic acids is 2. The molecule has 104 valence electrons. The van der Waals surface area contributed by atoms with Crippen molar-refractivity contribution in [3.8, 4) is 0 Å². The first kappa shape index (κ1) is 14.7. The minimum atomic E-state index is -0.735. The van der Waals surface area contributed by atoms with E-state index in [9.17, 15) is 19.7 Å². The van der Waals surface area contributed by atoms with E-state index >= 15 is 0 Å². The van der Waals surface area contributed by atoms with Crippen molar-refractivity contribution in [3.63, 3.8) is 0 Å². The number of ether oxygens (including phenoxy) is 1. The van der Waals surface area contributed by atoms with Gasteiger partial charge in [-0.1, -0.05) is 6.92 Å². The number of nitro groups is 1. The number of nitrogens with zero attached hydrogens (tertiary/aromatic N) is 2. The molecule has 0 atom stereocenters. The second-order valence-electron chi connectivity index (χ2n) is 3.70. The van der Waals surface area contributed by atoms with Crippen LogP contribution in [0.5, 0.6) is 0 Å². The number of carbonyl (C=O) groups is 2. The van der Waals surface area contributed by atoms with Gasteiger partial charge in [0, 0.05) is 6.54 Å². The van der Waals surface area contributed by atoms with Gasteiger partial charge in [-0.05, 0) is 12.5 Å². The van der Waals surface area contributed by atoms with Crippen LogP contribution >= 0.6 is 0 Å². The number of hydrogen-bond donors (Lipinski definition) is 0. The van der Waals surface area contributed by atoms with Crippen LogP contribution in [0.15, 0.2) is 16.5 Å². The van der Waals surface area contributed by atoms with Crippen molar-refractivity contribution in [1.82, 2.24) is 4.90 Å². The predicted octanol–water partition coefficient (Wildman–Crippen LogP) is 1.21. The quantitative estimate of drug-likeness (QED) is 0.437. The Balaban J connectivity index is 2.85. The van der Waals surface area contributed by atoms with Crippen LogP contribution in [-0.4, -0.2) is 41.9 Å². The summed E-state index contributed by atoms with van der Waals surface area (Å²) in [6, 6.07) is 2.30. The van der Waals surface area contributed by atoms with Gasteiger partial charge >= 0.3 is 11.9 Å². The molecule has 19 heavy (non-hydrogen) atoms. The van der Waals surface area contributed by atoms with Crippen LogP contribution in [0.3, 0.4) is 0 Å². The van der Waals surface area contributed by atoms with Gasteiger partial charge in [0.15, 0.2) is 5.76 Å². The molecular formula is C11H14N2O6. The summed E-state index contributed by atoms with van der Waals surface area (Å²) >= 11 is 0. The van der Waals surface area contributed by atoms with Crippen LogP contribution in [0.2, 0.25) is 0 Å². The number of methoxy groups -OCH3 is 1. The zero-order valence-corrected chi connectivity index (χ0v) is 10.6. The van der Waals surface area contributed by atoms with Crippen molar-refractivity contribution in [2.24, 2.45) is 0 Å². The first-order valence-electron chi connectivity index (χ1n) is 5.60. The Hall–Kier alpha value is -2.38. The lowest BCUT2D eigenvalue weighted by Crippen LogP contribution is -2.36. The molecule has 0 radical (unpaired) electrons. The van der Waals surface area contributed by atoms with Crippen LogP contribution in [0.4, 0.5) is 5.88 Å². The van der Waals surface area contributed by atoms with E-state index in [0.29, 0.717) is 13.0 Å². The fourth-order valence-electron chi connectivity index (χ4n) is 1.44. The normalized spacial score (nSPS) is 10.0. The van der Waals surface area contributed by atoms with Crippen LogP contribution in [-0.2, 0) is 9.53 Å². The second kappa shape index (κ2) is 6.53. The van der Waals surface area contributed by atoms with Gasteiger partial charge in [-0.2, -0.15) is 0 Å². The maximum Gasteiger partial charge on any atom is 0.433 e. The van der Waals surface area contributed by atoms with Gasteiger partial charge in [0.05, 0.1) is 13.2 Å². The van der Waals surface area contributed by atoms with E-state index in [1.807, 2.05) is 6.92 Å². The number of rotatable bonds is 6. The summed E-state index contributed by atoms with van der Waals surface area (Å²) in [5.74, 6) is -1.84. The Labute approximate surface area is 109 Å². The lowest BCUT2D eigenvalue weighted by Gasteiger charge is -2.19. The largest absolute Gasteiger partial charge is 0.468 e. The number of esters is 1. The standard InChI is InChI=1S/C11H14N2O6/c1-3-6-12(7-10(14)18-2)11(15)8-4-5-9(19-8)13(16)17/h4-5H,3,6-7H2,1-2H3. The molecule has 1 rings (SSSR count). The van der Waals surface area contributed by atoms with Crippen LogP contribution < -0.4 is 0 Å². The third-order valence-electron chi connectivity index (χ3n) is 2.31. The smallest absolute Gasteiger partial charge is 0.433 e. The highest BCUT2D eigenvalue weighted by Crippen LogP contribution is 2.17. The molecule has 0 aliphatic rings. The fourth-order valence-corrected chi connectivity index (χ4v) is 1.44. The summed E-state index contributed by atoms with van der Waals surface area (Å²) in [6.45, 7) is 1.93. The second-order valence-corrected chi connectivity index (χ2v) is 3.70. The first-order chi connectivity index (χ1) is 8.99. The van der Waals surface area contributed by atoms with Crippen molar-refractivity contribution in [2.75, 3.05) is 20.2 Å². The molecular weight excluding hydrogens is 256 g/mol. The predicted molar refractivity (Wildman–Crippen MR) is 63.6 cm³/mol. The molecule has 0 spiro atoms. The summed E-state index contributed by atoms with van der Waals surface area (Å²) in [5.41, 5.74) is 0. The molecule has 1 amide bonds. The van der Waals surface area contributed by atoms with Crippen LogP contribution in [0, 0.1) is 10.1 Å². The van der Waals surface area contributed by atoms with Crippen molar-refractivity contribution in [2.45, 2.75) is 13.3 Å². The van der Waals surface area contributed by atoms with Crippen molar-refractivity contribution in [3.05, 3.63) is 28.0 Å². The Morgan fingerprint density at radius 1 is 1.47 bits per heavy atom. The number of hydrogen-bond acceptors (Lipinski definition) is 6. The molecule has 1 heterocycles. The summed E-state index contributed by atoms with van der Waals surface area (Å²) in [6.07, 6.45) is 0.630. The molecule has 0 bridgehead atoms. The Kier molecular flexibility index (Phi) is 5.04. The lowest BCUT2D eigenvalue weighted by molar-refractivity contribution is -0.402. The average Bonchev–Trinajstić information content (AvgIpc) is 2.86. The maximum absolute atomic E-state index is 12.0. The summed E-state index contributed by atoms with van der Waals surface area (Å²) < 4.78 is 9.29. The van der Waals surface area contributed by atoms with E-state index < -0.39 is 22.7 Å². The molecule has 0 saturated carbocycles. The molecule has 0 aliphatic carbocycles. The highest BCUT2D eigenvalue weighted by Gasteiger charge is 2.23. The molecule has 0 fully saturated rings. The average molecular weight is 270 g/mol. The van der Waals surface area contributed by atoms with E-state index in [1.54, 1.807) is 0 Å². The molecule has 8 heteroatoms. The number of amides is 1. The Bertz CT molecular complexity index is 481. The third-order valence-corrected chi connectivity index (χ3v) is 2.31. The summed E-state index contributed by atoms with van der Waals surface area (Å²) in [5, 5.41) is 10.5. The highest BCUT2D eigenvalue weighted by molar-refractivity contribution is 5.93. The van der Waals surface area contributed by atoms with Gasteiger partial charge in [-0.3, -0.25) is 19.7 Å². The third kappa shape index (κ3) is 3.80. The molecule has 8 nitrogen and oxygen atoms in total. The van der Waals surface area contributed by atoms with Crippen molar-refractivity contribution < 1.29 is 23.7 Å².